The molecule has 5 nitrogen and oxygen atoms in total. The van der Waals surface area contributed by atoms with Crippen LogP contribution in [0.3, 0.4) is 0 Å². The number of ether oxygens (including phenoxy) is 1. The maximum Gasteiger partial charge on any atom is 0.119 e. The number of rotatable bonds is 5. The summed E-state index contributed by atoms with van der Waals surface area (Å²) in [4.78, 5) is 4.08. The van der Waals surface area contributed by atoms with Gasteiger partial charge >= 0.3 is 0 Å². The SMILES string of the molecule is COc1ccc2c(c1)c(Cn1ccnc1)cn2CCC#N. The maximum atomic E-state index is 8.80. The molecular formula is C16H16N4O. The zero-order chi connectivity index (χ0) is 14.7. The van der Waals surface area contributed by atoms with Crippen LogP contribution >= 0.6 is 0 Å². The van der Waals surface area contributed by atoms with E-state index in [0.717, 1.165) is 23.2 Å². The van der Waals surface area contributed by atoms with E-state index >= 15 is 0 Å². The minimum atomic E-state index is 0.500. The molecule has 1 aromatic carbocycles. The second kappa shape index (κ2) is 5.71. The molecule has 2 aromatic heterocycles. The summed E-state index contributed by atoms with van der Waals surface area (Å²) in [5.74, 6) is 0.840. The van der Waals surface area contributed by atoms with Crippen molar-refractivity contribution in [1.82, 2.24) is 14.1 Å². The number of hydrogen-bond donors (Lipinski definition) is 0. The van der Waals surface area contributed by atoms with Gasteiger partial charge in [0.15, 0.2) is 0 Å². The van der Waals surface area contributed by atoms with Crippen LogP contribution in [0.1, 0.15) is 12.0 Å². The molecular weight excluding hydrogens is 264 g/mol. The van der Waals surface area contributed by atoms with Gasteiger partial charge in [-0.2, -0.15) is 5.26 Å². The Labute approximate surface area is 123 Å². The van der Waals surface area contributed by atoms with Crippen molar-refractivity contribution in [3.8, 4) is 11.8 Å². The minimum Gasteiger partial charge on any atom is -0.497 e. The number of fused-ring (bicyclic) bond motifs is 1. The zero-order valence-electron chi connectivity index (χ0n) is 11.9. The van der Waals surface area contributed by atoms with E-state index in [-0.39, 0.29) is 0 Å². The van der Waals surface area contributed by atoms with Crippen LogP contribution in [-0.4, -0.2) is 21.2 Å². The molecule has 3 rings (SSSR count). The molecule has 0 fully saturated rings. The molecule has 3 aromatic rings. The Morgan fingerprint density at radius 1 is 1.38 bits per heavy atom. The number of nitrogens with zero attached hydrogens (tertiary/aromatic N) is 4. The van der Waals surface area contributed by atoms with E-state index in [2.05, 4.69) is 21.8 Å². The fourth-order valence-electron chi connectivity index (χ4n) is 2.54. The first-order valence-electron chi connectivity index (χ1n) is 6.80. The van der Waals surface area contributed by atoms with E-state index in [1.54, 1.807) is 19.6 Å². The van der Waals surface area contributed by atoms with E-state index in [0.29, 0.717) is 13.0 Å². The Hall–Kier alpha value is -2.74. The largest absolute Gasteiger partial charge is 0.497 e. The number of methoxy groups -OCH3 is 1. The standard InChI is InChI=1S/C16H16N4O/c1-21-14-3-4-16-15(9-14)13(10-19-8-6-18-12-19)11-20(16)7-2-5-17/h3-4,6,8-9,11-12H,2,7,10H2,1H3. The Bertz CT molecular complexity index is 781. The smallest absolute Gasteiger partial charge is 0.119 e. The summed E-state index contributed by atoms with van der Waals surface area (Å²) in [5, 5.41) is 9.95. The number of hydrogen-bond acceptors (Lipinski definition) is 3. The highest BCUT2D eigenvalue weighted by molar-refractivity contribution is 5.85. The predicted octanol–water partition coefficient (Wildman–Crippen LogP) is 2.81. The van der Waals surface area contributed by atoms with Gasteiger partial charge in [-0.05, 0) is 23.8 Å². The van der Waals surface area contributed by atoms with Gasteiger partial charge in [0.1, 0.15) is 5.75 Å². The van der Waals surface area contributed by atoms with Gasteiger partial charge in [-0.15, -0.1) is 0 Å². The average molecular weight is 280 g/mol. The third-order valence-corrected chi connectivity index (χ3v) is 3.55. The monoisotopic (exact) mass is 280 g/mol. The van der Waals surface area contributed by atoms with Gasteiger partial charge in [0, 0.05) is 36.0 Å². The van der Waals surface area contributed by atoms with E-state index in [1.165, 1.54) is 5.56 Å². The summed E-state index contributed by atoms with van der Waals surface area (Å²) in [6.07, 6.45) is 8.13. The highest BCUT2D eigenvalue weighted by Crippen LogP contribution is 2.27. The summed E-state index contributed by atoms with van der Waals surface area (Å²) in [5.41, 5.74) is 2.32. The van der Waals surface area contributed by atoms with Crippen LogP contribution in [0.5, 0.6) is 5.75 Å². The van der Waals surface area contributed by atoms with Crippen molar-refractivity contribution in [2.24, 2.45) is 0 Å². The molecule has 5 heteroatoms. The highest BCUT2D eigenvalue weighted by atomic mass is 16.5. The summed E-state index contributed by atoms with van der Waals surface area (Å²) >= 11 is 0. The fraction of sp³-hybridized carbons (Fsp3) is 0.250. The first-order valence-corrected chi connectivity index (χ1v) is 6.80. The fourth-order valence-corrected chi connectivity index (χ4v) is 2.54. The van der Waals surface area contributed by atoms with Crippen molar-refractivity contribution >= 4 is 10.9 Å². The average Bonchev–Trinajstić information content (AvgIpc) is 3.13. The summed E-state index contributed by atoms with van der Waals surface area (Å²) in [7, 11) is 1.67. The van der Waals surface area contributed by atoms with Crippen molar-refractivity contribution in [3.63, 3.8) is 0 Å². The second-order valence-corrected chi connectivity index (χ2v) is 4.87. The Kier molecular flexibility index (Phi) is 3.61. The first-order chi connectivity index (χ1) is 10.3. The van der Waals surface area contributed by atoms with Crippen molar-refractivity contribution in [2.75, 3.05) is 7.11 Å². The minimum absolute atomic E-state index is 0.500. The number of aromatic nitrogens is 3. The molecule has 0 aliphatic rings. The molecule has 0 unspecified atom stereocenters. The summed E-state index contributed by atoms with van der Waals surface area (Å²) in [6, 6.07) is 8.24. The molecule has 2 heterocycles. The van der Waals surface area contributed by atoms with Crippen LogP contribution in [0.15, 0.2) is 43.1 Å². The molecule has 0 aliphatic heterocycles. The number of benzene rings is 1. The van der Waals surface area contributed by atoms with Crippen LogP contribution in [0.4, 0.5) is 0 Å². The lowest BCUT2D eigenvalue weighted by Gasteiger charge is -2.04. The van der Waals surface area contributed by atoms with Crippen molar-refractivity contribution < 1.29 is 4.74 Å². The van der Waals surface area contributed by atoms with Crippen molar-refractivity contribution in [1.29, 1.82) is 5.26 Å². The Morgan fingerprint density at radius 3 is 3.00 bits per heavy atom. The van der Waals surface area contributed by atoms with Crippen LogP contribution < -0.4 is 4.74 Å². The molecule has 0 aliphatic carbocycles. The molecule has 0 N–H and O–H groups in total. The molecule has 0 spiro atoms. The predicted molar refractivity (Wildman–Crippen MR) is 80.0 cm³/mol. The van der Waals surface area contributed by atoms with Crippen LogP contribution in [-0.2, 0) is 13.1 Å². The van der Waals surface area contributed by atoms with Gasteiger partial charge in [-0.1, -0.05) is 0 Å². The maximum absolute atomic E-state index is 8.80. The molecule has 0 saturated carbocycles. The van der Waals surface area contributed by atoms with E-state index in [9.17, 15) is 0 Å². The zero-order valence-corrected chi connectivity index (χ0v) is 11.9. The van der Waals surface area contributed by atoms with Gasteiger partial charge in [0.25, 0.3) is 0 Å². The van der Waals surface area contributed by atoms with Crippen molar-refractivity contribution in [3.05, 3.63) is 48.7 Å². The third-order valence-electron chi connectivity index (χ3n) is 3.55. The molecule has 0 atom stereocenters. The van der Waals surface area contributed by atoms with Crippen LogP contribution in [0.2, 0.25) is 0 Å². The Morgan fingerprint density at radius 2 is 2.29 bits per heavy atom. The topological polar surface area (TPSA) is 55.8 Å². The number of aryl methyl sites for hydroxylation is 1. The van der Waals surface area contributed by atoms with E-state index in [4.69, 9.17) is 10.00 Å². The van der Waals surface area contributed by atoms with Gasteiger partial charge in [0.05, 0.1) is 32.5 Å². The summed E-state index contributed by atoms with van der Waals surface area (Å²) in [6.45, 7) is 1.45. The number of nitriles is 1. The van der Waals surface area contributed by atoms with E-state index < -0.39 is 0 Å². The first kappa shape index (κ1) is 13.3. The highest BCUT2D eigenvalue weighted by Gasteiger charge is 2.10. The van der Waals surface area contributed by atoms with Gasteiger partial charge in [-0.3, -0.25) is 0 Å². The summed E-state index contributed by atoms with van der Waals surface area (Å²) < 4.78 is 9.48. The second-order valence-electron chi connectivity index (χ2n) is 4.87. The quantitative estimate of drug-likeness (QED) is 0.722. The lowest BCUT2D eigenvalue weighted by molar-refractivity contribution is 0.415. The molecule has 106 valence electrons. The molecule has 0 bridgehead atoms. The van der Waals surface area contributed by atoms with Crippen LogP contribution in [0, 0.1) is 11.3 Å². The Balaban J connectivity index is 2.06. The number of imidazole rings is 1. The van der Waals surface area contributed by atoms with E-state index in [1.807, 2.05) is 29.0 Å². The van der Waals surface area contributed by atoms with Gasteiger partial charge < -0.3 is 13.9 Å². The van der Waals surface area contributed by atoms with Gasteiger partial charge in [-0.25, -0.2) is 4.98 Å². The lowest BCUT2D eigenvalue weighted by atomic mass is 10.1. The molecule has 0 saturated heterocycles. The molecule has 21 heavy (non-hydrogen) atoms. The third kappa shape index (κ3) is 2.61. The normalized spacial score (nSPS) is 10.7. The van der Waals surface area contributed by atoms with Crippen LogP contribution in [0.25, 0.3) is 10.9 Å². The molecule has 0 amide bonds. The van der Waals surface area contributed by atoms with Gasteiger partial charge in [0.2, 0.25) is 0 Å². The van der Waals surface area contributed by atoms with Crippen molar-refractivity contribution in [2.45, 2.75) is 19.5 Å². The lowest BCUT2D eigenvalue weighted by Crippen LogP contribution is -1.96. The molecule has 0 radical (unpaired) electrons.